The monoisotopic (exact) mass is 511 g/mol. The number of nitrogens with one attached hydrogen (secondary N) is 3. The lowest BCUT2D eigenvalue weighted by molar-refractivity contribution is -0.143. The first-order chi connectivity index (χ1) is 16.6. The van der Waals surface area contributed by atoms with E-state index < -0.39 is 60.4 Å². The Kier molecular flexibility index (Phi) is 13.4. The summed E-state index contributed by atoms with van der Waals surface area (Å²) in [6, 6.07) is 3.91. The van der Waals surface area contributed by atoms with E-state index in [0.717, 1.165) is 0 Å². The molecule has 4 unspecified atom stereocenters. The zero-order valence-corrected chi connectivity index (χ0v) is 20.3. The van der Waals surface area contributed by atoms with E-state index in [4.69, 9.17) is 16.6 Å². The lowest BCUT2D eigenvalue weighted by Gasteiger charge is -2.25. The summed E-state index contributed by atoms with van der Waals surface area (Å²) in [4.78, 5) is 60.5. The number of thioether (sulfide) groups is 1. The molecule has 0 bridgehead atoms. The number of hydrogen-bond acceptors (Lipinski definition) is 8. The molecule has 13 heteroatoms. The molecular formula is C22H33N5O7S. The second-order valence-electron chi connectivity index (χ2n) is 7.79. The van der Waals surface area contributed by atoms with E-state index in [-0.39, 0.29) is 25.7 Å². The molecule has 0 aliphatic rings. The van der Waals surface area contributed by atoms with Crippen molar-refractivity contribution in [1.82, 2.24) is 16.0 Å². The van der Waals surface area contributed by atoms with Gasteiger partial charge in [0, 0.05) is 12.8 Å². The number of amides is 4. The molecule has 4 atom stereocenters. The number of carboxylic acids is 1. The van der Waals surface area contributed by atoms with Gasteiger partial charge in [-0.2, -0.15) is 11.8 Å². The van der Waals surface area contributed by atoms with Crippen LogP contribution in [0.4, 0.5) is 0 Å². The number of hydrogen-bond donors (Lipinski definition) is 7. The summed E-state index contributed by atoms with van der Waals surface area (Å²) in [6.07, 6.45) is 2.01. The molecule has 0 spiro atoms. The molecule has 35 heavy (non-hydrogen) atoms. The normalized spacial score (nSPS) is 14.1. The largest absolute Gasteiger partial charge is 0.480 e. The first-order valence-corrected chi connectivity index (χ1v) is 12.3. The number of carbonyl (C=O) groups excluding carboxylic acids is 4. The van der Waals surface area contributed by atoms with Gasteiger partial charge in [0.15, 0.2) is 0 Å². The van der Waals surface area contributed by atoms with E-state index in [1.54, 1.807) is 30.3 Å². The maximum Gasteiger partial charge on any atom is 0.328 e. The van der Waals surface area contributed by atoms with Crippen LogP contribution in [0.25, 0.3) is 0 Å². The van der Waals surface area contributed by atoms with Gasteiger partial charge in [-0.15, -0.1) is 0 Å². The fourth-order valence-electron chi connectivity index (χ4n) is 3.00. The number of carbonyl (C=O) groups is 5. The standard InChI is InChI=1S/C22H33N5O7S/c1-35-10-9-15(25-19(30)14(23)7-8-18(24)29)20(31)26-16(11-13-5-3-2-4-6-13)21(32)27-17(12-28)22(33)34/h2-6,14-17,28H,7-12,23H2,1H3,(H2,24,29)(H,25,30)(H,26,31)(H,27,32)(H,33,34). The van der Waals surface area contributed by atoms with Crippen LogP contribution >= 0.6 is 11.8 Å². The first-order valence-electron chi connectivity index (χ1n) is 10.9. The fourth-order valence-corrected chi connectivity index (χ4v) is 3.47. The molecule has 0 radical (unpaired) electrons. The molecule has 0 saturated heterocycles. The van der Waals surface area contributed by atoms with Crippen LogP contribution in [-0.2, 0) is 30.4 Å². The van der Waals surface area contributed by atoms with Gasteiger partial charge < -0.3 is 37.6 Å². The Hall–Kier alpha value is -3.16. The Balaban J connectivity index is 3.02. The third-order valence-electron chi connectivity index (χ3n) is 4.99. The molecule has 0 heterocycles. The van der Waals surface area contributed by atoms with Gasteiger partial charge in [-0.25, -0.2) is 4.79 Å². The van der Waals surface area contributed by atoms with E-state index in [9.17, 15) is 29.1 Å². The number of primary amides is 1. The van der Waals surface area contributed by atoms with Crippen molar-refractivity contribution >= 4 is 41.4 Å². The summed E-state index contributed by atoms with van der Waals surface area (Å²) in [5.41, 5.74) is 11.6. The van der Waals surface area contributed by atoms with Gasteiger partial charge in [0.05, 0.1) is 12.6 Å². The van der Waals surface area contributed by atoms with Gasteiger partial charge in [0.25, 0.3) is 0 Å². The van der Waals surface area contributed by atoms with E-state index in [2.05, 4.69) is 16.0 Å². The minimum absolute atomic E-state index is 0.00874. The summed E-state index contributed by atoms with van der Waals surface area (Å²) in [6.45, 7) is -0.831. The van der Waals surface area contributed by atoms with Crippen molar-refractivity contribution in [3.63, 3.8) is 0 Å². The molecule has 0 aromatic heterocycles. The van der Waals surface area contributed by atoms with Crippen molar-refractivity contribution in [3.8, 4) is 0 Å². The van der Waals surface area contributed by atoms with E-state index in [1.165, 1.54) is 11.8 Å². The van der Waals surface area contributed by atoms with Crippen LogP contribution in [-0.4, -0.2) is 82.6 Å². The van der Waals surface area contributed by atoms with Crippen molar-refractivity contribution in [3.05, 3.63) is 35.9 Å². The molecule has 0 aliphatic carbocycles. The van der Waals surface area contributed by atoms with Gasteiger partial charge >= 0.3 is 5.97 Å². The van der Waals surface area contributed by atoms with Crippen molar-refractivity contribution in [2.24, 2.45) is 11.5 Å². The Bertz CT molecular complexity index is 871. The molecule has 1 rings (SSSR count). The molecule has 9 N–H and O–H groups in total. The van der Waals surface area contributed by atoms with E-state index in [0.29, 0.717) is 11.3 Å². The van der Waals surface area contributed by atoms with Crippen LogP contribution in [0, 0.1) is 0 Å². The second-order valence-corrected chi connectivity index (χ2v) is 8.77. The number of aliphatic hydroxyl groups is 1. The Labute approximate surface area is 207 Å². The van der Waals surface area contributed by atoms with Crippen LogP contribution in [0.1, 0.15) is 24.8 Å². The molecular weight excluding hydrogens is 478 g/mol. The fraction of sp³-hybridized carbons (Fsp3) is 0.500. The highest BCUT2D eigenvalue weighted by Crippen LogP contribution is 2.07. The highest BCUT2D eigenvalue weighted by molar-refractivity contribution is 7.98. The molecule has 0 fully saturated rings. The van der Waals surface area contributed by atoms with Gasteiger partial charge in [-0.1, -0.05) is 30.3 Å². The smallest absolute Gasteiger partial charge is 0.328 e. The van der Waals surface area contributed by atoms with Crippen molar-refractivity contribution in [1.29, 1.82) is 0 Å². The number of carboxylic acid groups (broad SMARTS) is 1. The predicted molar refractivity (Wildman–Crippen MR) is 130 cm³/mol. The van der Waals surface area contributed by atoms with Crippen molar-refractivity contribution in [2.45, 2.75) is 49.9 Å². The summed E-state index contributed by atoms with van der Waals surface area (Å²) in [5, 5.41) is 25.7. The summed E-state index contributed by atoms with van der Waals surface area (Å²) in [5.74, 6) is -3.65. The Morgan fingerprint density at radius 1 is 0.914 bits per heavy atom. The van der Waals surface area contributed by atoms with Crippen molar-refractivity contribution < 1.29 is 34.2 Å². The molecule has 1 aromatic carbocycles. The van der Waals surface area contributed by atoms with Crippen LogP contribution in [0.2, 0.25) is 0 Å². The zero-order chi connectivity index (χ0) is 26.4. The number of aliphatic carboxylic acids is 1. The zero-order valence-electron chi connectivity index (χ0n) is 19.4. The quantitative estimate of drug-likeness (QED) is 0.132. The van der Waals surface area contributed by atoms with E-state index >= 15 is 0 Å². The molecule has 1 aromatic rings. The number of benzene rings is 1. The first kappa shape index (κ1) is 29.9. The summed E-state index contributed by atoms with van der Waals surface area (Å²) in [7, 11) is 0. The van der Waals surface area contributed by atoms with E-state index in [1.807, 2.05) is 6.26 Å². The third kappa shape index (κ3) is 11.2. The van der Waals surface area contributed by atoms with Gasteiger partial charge in [0.2, 0.25) is 23.6 Å². The van der Waals surface area contributed by atoms with Crippen LogP contribution in [0.15, 0.2) is 30.3 Å². The SMILES string of the molecule is CSCCC(NC(=O)C(N)CCC(N)=O)C(=O)NC(Cc1ccccc1)C(=O)NC(CO)C(=O)O. The topological polar surface area (TPSA) is 214 Å². The van der Waals surface area contributed by atoms with Crippen molar-refractivity contribution in [2.75, 3.05) is 18.6 Å². The minimum Gasteiger partial charge on any atom is -0.480 e. The lowest BCUT2D eigenvalue weighted by Crippen LogP contribution is -2.58. The molecule has 0 saturated carbocycles. The van der Waals surface area contributed by atoms with Gasteiger partial charge in [-0.05, 0) is 30.4 Å². The third-order valence-corrected chi connectivity index (χ3v) is 5.64. The molecule has 12 nitrogen and oxygen atoms in total. The Morgan fingerprint density at radius 3 is 2.03 bits per heavy atom. The maximum absolute atomic E-state index is 13.1. The molecule has 0 aliphatic heterocycles. The average Bonchev–Trinajstić information content (AvgIpc) is 2.82. The molecule has 4 amide bonds. The number of aliphatic hydroxyl groups excluding tert-OH is 1. The number of rotatable bonds is 16. The van der Waals surface area contributed by atoms with Crippen LogP contribution in [0.5, 0.6) is 0 Å². The van der Waals surface area contributed by atoms with Crippen LogP contribution in [0.3, 0.4) is 0 Å². The summed E-state index contributed by atoms with van der Waals surface area (Å²) < 4.78 is 0. The van der Waals surface area contributed by atoms with Gasteiger partial charge in [-0.3, -0.25) is 19.2 Å². The maximum atomic E-state index is 13.1. The summed E-state index contributed by atoms with van der Waals surface area (Å²) >= 11 is 1.44. The Morgan fingerprint density at radius 2 is 1.49 bits per heavy atom. The average molecular weight is 512 g/mol. The predicted octanol–water partition coefficient (Wildman–Crippen LogP) is -1.89. The molecule has 194 valence electrons. The highest BCUT2D eigenvalue weighted by Gasteiger charge is 2.30. The number of nitrogens with two attached hydrogens (primary N) is 2. The lowest BCUT2D eigenvalue weighted by atomic mass is 10.0. The van der Waals surface area contributed by atoms with Crippen LogP contribution < -0.4 is 27.4 Å². The second kappa shape index (κ2) is 15.7. The highest BCUT2D eigenvalue weighted by atomic mass is 32.2. The minimum atomic E-state index is -1.55. The van der Waals surface area contributed by atoms with Gasteiger partial charge in [0.1, 0.15) is 18.1 Å².